The molecule has 0 saturated heterocycles. The first-order chi connectivity index (χ1) is 2.81. The maximum atomic E-state index is 8.13. The van der Waals surface area contributed by atoms with Gasteiger partial charge < -0.3 is 9.84 Å². The Kier molecular flexibility index (Phi) is 3.62. The Labute approximate surface area is 42.5 Å². The summed E-state index contributed by atoms with van der Waals surface area (Å²) in [7, 11) is 1.49. The summed E-state index contributed by atoms with van der Waals surface area (Å²) in [6, 6.07) is 0. The Morgan fingerprint density at radius 1 is 2.00 bits per heavy atom. The van der Waals surface area contributed by atoms with Gasteiger partial charge in [0.1, 0.15) is 5.44 Å². The van der Waals surface area contributed by atoms with Gasteiger partial charge in [-0.05, 0) is 0 Å². The summed E-state index contributed by atoms with van der Waals surface area (Å²) in [5.74, 6) is 0. The molecule has 1 N–H and O–H groups in total. The second kappa shape index (κ2) is 3.46. The van der Waals surface area contributed by atoms with Gasteiger partial charge in [-0.3, -0.25) is 0 Å². The van der Waals surface area contributed by atoms with E-state index in [1.807, 2.05) is 0 Å². The van der Waals surface area contributed by atoms with E-state index in [4.69, 9.17) is 5.11 Å². The van der Waals surface area contributed by atoms with E-state index in [1.54, 1.807) is 0 Å². The summed E-state index contributed by atoms with van der Waals surface area (Å²) < 4.78 is 4.51. The van der Waals surface area contributed by atoms with Crippen molar-refractivity contribution in [2.24, 2.45) is 0 Å². The molecule has 0 amide bonds. The maximum absolute atomic E-state index is 8.13. The average molecular weight is 108 g/mol. The Hall–Kier alpha value is 0.270. The molecule has 0 aromatic rings. The Balaban J connectivity index is 2.75. The number of aliphatic hydroxyl groups is 1. The molecule has 0 aliphatic carbocycles. The predicted molar refractivity (Wildman–Crippen MR) is 26.9 cm³/mol. The van der Waals surface area contributed by atoms with Gasteiger partial charge in [-0.15, -0.1) is 12.6 Å². The smallest absolute Gasteiger partial charge is 0.123 e. The van der Waals surface area contributed by atoms with Crippen LogP contribution in [0.15, 0.2) is 0 Å². The number of thiol groups is 1. The van der Waals surface area contributed by atoms with Gasteiger partial charge in [0.15, 0.2) is 0 Å². The number of aliphatic hydroxyl groups excluding tert-OH is 1. The minimum Gasteiger partial charge on any atom is -0.393 e. The number of hydrogen-bond donors (Lipinski definition) is 2. The molecule has 1 atom stereocenters. The number of methoxy groups -OCH3 is 1. The highest BCUT2D eigenvalue weighted by Crippen LogP contribution is 1.89. The number of ether oxygens (including phenoxy) is 1. The average Bonchev–Trinajstić information content (AvgIpc) is 1.65. The summed E-state index contributed by atoms with van der Waals surface area (Å²) in [4.78, 5) is 0. The Morgan fingerprint density at radius 2 is 2.50 bits per heavy atom. The summed E-state index contributed by atoms with van der Waals surface area (Å²) in [6.45, 7) is -0.0282. The number of rotatable bonds is 2. The predicted octanol–water partition coefficient (Wildman–Crippen LogP) is -0.119. The molecular weight excluding hydrogens is 100 g/mol. The van der Waals surface area contributed by atoms with Crippen LogP contribution < -0.4 is 0 Å². The van der Waals surface area contributed by atoms with Crippen molar-refractivity contribution in [1.82, 2.24) is 0 Å². The van der Waals surface area contributed by atoms with E-state index in [0.29, 0.717) is 0 Å². The third-order valence-electron chi connectivity index (χ3n) is 0.428. The van der Waals surface area contributed by atoms with Crippen LogP contribution in [0.1, 0.15) is 0 Å². The van der Waals surface area contributed by atoms with E-state index in [2.05, 4.69) is 17.4 Å². The Morgan fingerprint density at radius 3 is 2.50 bits per heavy atom. The van der Waals surface area contributed by atoms with E-state index in [1.165, 1.54) is 7.11 Å². The summed E-state index contributed by atoms with van der Waals surface area (Å²) in [5, 5.41) is 8.13. The van der Waals surface area contributed by atoms with Gasteiger partial charge in [0.05, 0.1) is 6.61 Å². The fraction of sp³-hybridized carbons (Fsp3) is 1.00. The van der Waals surface area contributed by atoms with Crippen LogP contribution in [0.2, 0.25) is 0 Å². The first-order valence-corrected chi connectivity index (χ1v) is 2.14. The molecule has 0 spiro atoms. The van der Waals surface area contributed by atoms with E-state index < -0.39 is 0 Å². The van der Waals surface area contributed by atoms with Crippen LogP contribution in [0.25, 0.3) is 0 Å². The minimum atomic E-state index is -0.315. The van der Waals surface area contributed by atoms with E-state index >= 15 is 0 Å². The van der Waals surface area contributed by atoms with Crippen molar-refractivity contribution in [2.75, 3.05) is 13.7 Å². The molecule has 0 saturated carbocycles. The van der Waals surface area contributed by atoms with Crippen molar-refractivity contribution in [3.05, 3.63) is 0 Å². The molecule has 3 heteroatoms. The molecule has 2 nitrogen and oxygen atoms in total. The molecule has 0 radical (unpaired) electrons. The lowest BCUT2D eigenvalue weighted by Crippen LogP contribution is -2.05. The van der Waals surface area contributed by atoms with Crippen molar-refractivity contribution < 1.29 is 9.84 Å². The van der Waals surface area contributed by atoms with E-state index in [9.17, 15) is 0 Å². The monoisotopic (exact) mass is 108 g/mol. The van der Waals surface area contributed by atoms with Gasteiger partial charge in [0.2, 0.25) is 0 Å². The molecule has 0 rings (SSSR count). The molecule has 1 unspecified atom stereocenters. The SMILES string of the molecule is COC(S)CO. The van der Waals surface area contributed by atoms with Gasteiger partial charge in [0, 0.05) is 7.11 Å². The van der Waals surface area contributed by atoms with Gasteiger partial charge in [-0.1, -0.05) is 0 Å². The van der Waals surface area contributed by atoms with E-state index in [0.717, 1.165) is 0 Å². The second-order valence-corrected chi connectivity index (χ2v) is 1.45. The lowest BCUT2D eigenvalue weighted by molar-refractivity contribution is 0.111. The minimum absolute atomic E-state index is 0.0282. The maximum Gasteiger partial charge on any atom is 0.123 e. The van der Waals surface area contributed by atoms with Crippen molar-refractivity contribution in [3.8, 4) is 0 Å². The molecule has 0 aromatic carbocycles. The zero-order valence-corrected chi connectivity index (χ0v) is 4.48. The first-order valence-electron chi connectivity index (χ1n) is 1.63. The zero-order chi connectivity index (χ0) is 4.99. The normalized spacial score (nSPS) is 14.5. The molecule has 0 bridgehead atoms. The van der Waals surface area contributed by atoms with Crippen molar-refractivity contribution in [1.29, 1.82) is 0 Å². The fourth-order valence-electron chi connectivity index (χ4n) is 0.0745. The van der Waals surface area contributed by atoms with Crippen LogP contribution in [0, 0.1) is 0 Å². The third-order valence-corrected chi connectivity index (χ3v) is 0.802. The molecule has 0 heterocycles. The summed E-state index contributed by atoms with van der Waals surface area (Å²) in [6.07, 6.45) is 0. The lowest BCUT2D eigenvalue weighted by atomic mass is 10.8. The van der Waals surface area contributed by atoms with E-state index in [-0.39, 0.29) is 12.0 Å². The van der Waals surface area contributed by atoms with Gasteiger partial charge in [-0.2, -0.15) is 0 Å². The fourth-order valence-corrected chi connectivity index (χ4v) is 0.0745. The van der Waals surface area contributed by atoms with Crippen LogP contribution in [0.3, 0.4) is 0 Å². The zero-order valence-electron chi connectivity index (χ0n) is 3.59. The van der Waals surface area contributed by atoms with Crippen molar-refractivity contribution in [2.45, 2.75) is 5.44 Å². The van der Waals surface area contributed by atoms with Crippen LogP contribution in [0.4, 0.5) is 0 Å². The highest BCUT2D eigenvalue weighted by molar-refractivity contribution is 7.80. The molecule has 0 fully saturated rings. The van der Waals surface area contributed by atoms with Crippen LogP contribution >= 0.6 is 12.6 Å². The quantitative estimate of drug-likeness (QED) is 0.381. The second-order valence-electron chi connectivity index (χ2n) is 0.873. The molecule has 6 heavy (non-hydrogen) atoms. The van der Waals surface area contributed by atoms with Gasteiger partial charge >= 0.3 is 0 Å². The molecule has 38 valence electrons. The standard InChI is InChI=1S/C3H8O2S/c1-5-3(6)2-4/h3-4,6H,2H2,1H3. The Bertz CT molecular complexity index is 28.0. The van der Waals surface area contributed by atoms with Crippen molar-refractivity contribution >= 4 is 12.6 Å². The summed E-state index contributed by atoms with van der Waals surface area (Å²) in [5.41, 5.74) is -0.315. The highest BCUT2D eigenvalue weighted by atomic mass is 32.1. The number of hydrogen-bond acceptors (Lipinski definition) is 3. The van der Waals surface area contributed by atoms with Crippen LogP contribution in [-0.4, -0.2) is 24.3 Å². The largest absolute Gasteiger partial charge is 0.393 e. The van der Waals surface area contributed by atoms with Crippen LogP contribution in [0.5, 0.6) is 0 Å². The van der Waals surface area contributed by atoms with Crippen molar-refractivity contribution in [3.63, 3.8) is 0 Å². The molecule has 0 aliphatic heterocycles. The van der Waals surface area contributed by atoms with Crippen LogP contribution in [-0.2, 0) is 4.74 Å². The van der Waals surface area contributed by atoms with Gasteiger partial charge in [-0.25, -0.2) is 0 Å². The topological polar surface area (TPSA) is 29.5 Å². The molecule has 0 aliphatic rings. The lowest BCUT2D eigenvalue weighted by Gasteiger charge is -1.99. The highest BCUT2D eigenvalue weighted by Gasteiger charge is 1.91. The third kappa shape index (κ3) is 2.50. The molecular formula is C3H8O2S. The summed E-state index contributed by atoms with van der Waals surface area (Å²) >= 11 is 3.76. The first kappa shape index (κ1) is 6.27. The molecule has 0 aromatic heterocycles. The van der Waals surface area contributed by atoms with Gasteiger partial charge in [0.25, 0.3) is 0 Å².